The van der Waals surface area contributed by atoms with Gasteiger partial charge < -0.3 is 9.47 Å². The first-order valence-electron chi connectivity index (χ1n) is 8.60. The molecule has 0 bridgehead atoms. The number of amides is 2. The lowest BCUT2D eigenvalue weighted by atomic mass is 10.2. The van der Waals surface area contributed by atoms with E-state index in [1.807, 2.05) is 25.1 Å². The zero-order chi connectivity index (χ0) is 18.8. The van der Waals surface area contributed by atoms with E-state index in [9.17, 15) is 9.59 Å². The Hall–Kier alpha value is -3.02. The second-order valence-electron chi connectivity index (χ2n) is 5.79. The molecule has 2 N–H and O–H groups in total. The zero-order valence-electron chi connectivity index (χ0n) is 15.1. The number of carbonyl (C=O) groups excluding carboxylic acids is 2. The van der Waals surface area contributed by atoms with E-state index in [0.29, 0.717) is 23.7 Å². The van der Waals surface area contributed by atoms with Crippen LogP contribution in [0.5, 0.6) is 11.5 Å². The van der Waals surface area contributed by atoms with Gasteiger partial charge >= 0.3 is 0 Å². The summed E-state index contributed by atoms with van der Waals surface area (Å²) >= 11 is 0. The molecule has 26 heavy (non-hydrogen) atoms. The van der Waals surface area contributed by atoms with Gasteiger partial charge in [0.2, 0.25) is 0 Å². The number of nitrogens with one attached hydrogen (secondary N) is 2. The molecule has 0 aliphatic heterocycles. The molecular weight excluding hydrogens is 332 g/mol. The Balaban J connectivity index is 1.79. The molecule has 138 valence electrons. The molecule has 2 amide bonds. The molecule has 0 radical (unpaired) electrons. The molecule has 0 heterocycles. The normalized spacial score (nSPS) is 10.1. The van der Waals surface area contributed by atoms with Crippen molar-refractivity contribution in [2.45, 2.75) is 26.7 Å². The van der Waals surface area contributed by atoms with Gasteiger partial charge in [-0.3, -0.25) is 20.4 Å². The van der Waals surface area contributed by atoms with Crippen LogP contribution in [-0.4, -0.2) is 25.0 Å². The SMILES string of the molecule is CCCCOc1cccc(C(=O)NNC(=O)COc2ccccc2C)c1. The number of benzene rings is 2. The van der Waals surface area contributed by atoms with Crippen LogP contribution in [0.2, 0.25) is 0 Å². The Morgan fingerprint density at radius 2 is 1.81 bits per heavy atom. The Bertz CT molecular complexity index is 746. The van der Waals surface area contributed by atoms with Crippen LogP contribution >= 0.6 is 0 Å². The van der Waals surface area contributed by atoms with Crippen LogP contribution in [0.4, 0.5) is 0 Å². The summed E-state index contributed by atoms with van der Waals surface area (Å²) in [4.78, 5) is 24.0. The third-order valence-corrected chi connectivity index (χ3v) is 3.63. The smallest absolute Gasteiger partial charge is 0.276 e. The largest absolute Gasteiger partial charge is 0.494 e. The number of unbranched alkanes of at least 4 members (excludes halogenated alkanes) is 1. The monoisotopic (exact) mass is 356 g/mol. The van der Waals surface area contributed by atoms with Gasteiger partial charge in [-0.15, -0.1) is 0 Å². The average molecular weight is 356 g/mol. The number of hydrazine groups is 1. The Morgan fingerprint density at radius 3 is 2.58 bits per heavy atom. The first kappa shape index (κ1) is 19.3. The highest BCUT2D eigenvalue weighted by Gasteiger charge is 2.09. The van der Waals surface area contributed by atoms with E-state index in [2.05, 4.69) is 17.8 Å². The van der Waals surface area contributed by atoms with Crippen molar-refractivity contribution in [2.24, 2.45) is 0 Å². The molecule has 6 nitrogen and oxygen atoms in total. The maximum atomic E-state index is 12.1. The van der Waals surface area contributed by atoms with Gasteiger partial charge in [-0.25, -0.2) is 0 Å². The molecule has 2 aromatic rings. The summed E-state index contributed by atoms with van der Waals surface area (Å²) in [5.74, 6) is 0.387. The number of hydrogen-bond donors (Lipinski definition) is 2. The van der Waals surface area contributed by atoms with Crippen molar-refractivity contribution in [1.29, 1.82) is 0 Å². The van der Waals surface area contributed by atoms with Crippen molar-refractivity contribution >= 4 is 11.8 Å². The van der Waals surface area contributed by atoms with Gasteiger partial charge in [-0.1, -0.05) is 37.6 Å². The summed E-state index contributed by atoms with van der Waals surface area (Å²) in [6.07, 6.45) is 1.99. The van der Waals surface area contributed by atoms with E-state index in [1.54, 1.807) is 30.3 Å². The van der Waals surface area contributed by atoms with E-state index >= 15 is 0 Å². The Kier molecular flexibility index (Phi) is 7.49. The fourth-order valence-electron chi connectivity index (χ4n) is 2.16. The van der Waals surface area contributed by atoms with E-state index in [4.69, 9.17) is 9.47 Å². The van der Waals surface area contributed by atoms with E-state index in [1.165, 1.54) is 0 Å². The minimum atomic E-state index is -0.447. The Labute approximate surface area is 153 Å². The van der Waals surface area contributed by atoms with Gasteiger partial charge in [-0.2, -0.15) is 0 Å². The second-order valence-corrected chi connectivity index (χ2v) is 5.79. The molecule has 0 unspecified atom stereocenters. The van der Waals surface area contributed by atoms with E-state index < -0.39 is 11.8 Å². The second kappa shape index (κ2) is 10.1. The molecule has 0 atom stereocenters. The summed E-state index contributed by atoms with van der Waals surface area (Å²) in [6, 6.07) is 14.2. The van der Waals surface area contributed by atoms with Gasteiger partial charge in [0.25, 0.3) is 11.8 Å². The van der Waals surface area contributed by atoms with Gasteiger partial charge in [0.05, 0.1) is 6.61 Å². The minimum Gasteiger partial charge on any atom is -0.494 e. The van der Waals surface area contributed by atoms with Crippen LogP contribution in [-0.2, 0) is 4.79 Å². The summed E-state index contributed by atoms with van der Waals surface area (Å²) < 4.78 is 11.0. The molecular formula is C20H24N2O4. The molecule has 6 heteroatoms. The molecule has 0 aliphatic carbocycles. The van der Waals surface area contributed by atoms with E-state index in [0.717, 1.165) is 18.4 Å². The summed E-state index contributed by atoms with van der Waals surface area (Å²) in [5.41, 5.74) is 6.04. The molecule has 0 aromatic heterocycles. The number of para-hydroxylation sites is 1. The van der Waals surface area contributed by atoms with Crippen LogP contribution in [0.3, 0.4) is 0 Å². The van der Waals surface area contributed by atoms with Crippen LogP contribution in [0.25, 0.3) is 0 Å². The Morgan fingerprint density at radius 1 is 1.00 bits per heavy atom. The summed E-state index contributed by atoms with van der Waals surface area (Å²) in [7, 11) is 0. The summed E-state index contributed by atoms with van der Waals surface area (Å²) in [5, 5.41) is 0. The number of ether oxygens (including phenoxy) is 2. The van der Waals surface area contributed by atoms with Crippen LogP contribution in [0.15, 0.2) is 48.5 Å². The first-order valence-corrected chi connectivity index (χ1v) is 8.60. The molecule has 0 aliphatic rings. The van der Waals surface area contributed by atoms with Gasteiger partial charge in [0, 0.05) is 5.56 Å². The van der Waals surface area contributed by atoms with Crippen molar-refractivity contribution in [3.05, 3.63) is 59.7 Å². The van der Waals surface area contributed by atoms with Crippen molar-refractivity contribution in [2.75, 3.05) is 13.2 Å². The minimum absolute atomic E-state index is 0.189. The topological polar surface area (TPSA) is 76.7 Å². The van der Waals surface area contributed by atoms with Crippen LogP contribution in [0.1, 0.15) is 35.7 Å². The number of carbonyl (C=O) groups is 2. The van der Waals surface area contributed by atoms with Gasteiger partial charge in [0.1, 0.15) is 11.5 Å². The molecule has 0 saturated heterocycles. The fraction of sp³-hybridized carbons (Fsp3) is 0.300. The first-order chi connectivity index (χ1) is 12.6. The fourth-order valence-corrected chi connectivity index (χ4v) is 2.16. The highest BCUT2D eigenvalue weighted by atomic mass is 16.5. The lowest BCUT2D eigenvalue weighted by molar-refractivity contribution is -0.123. The standard InChI is InChI=1S/C20H24N2O4/c1-3-4-12-25-17-10-7-9-16(13-17)20(24)22-21-19(23)14-26-18-11-6-5-8-15(18)2/h5-11,13H,3-4,12,14H2,1-2H3,(H,21,23)(H,22,24). The van der Waals surface area contributed by atoms with Gasteiger partial charge in [0.15, 0.2) is 6.61 Å². The van der Waals surface area contributed by atoms with Crippen LogP contribution < -0.4 is 20.3 Å². The highest BCUT2D eigenvalue weighted by molar-refractivity contribution is 5.95. The molecule has 0 fully saturated rings. The lowest BCUT2D eigenvalue weighted by Gasteiger charge is -2.11. The third-order valence-electron chi connectivity index (χ3n) is 3.63. The third kappa shape index (κ3) is 6.12. The molecule has 0 saturated carbocycles. The van der Waals surface area contributed by atoms with Crippen LogP contribution in [0, 0.1) is 6.92 Å². The maximum absolute atomic E-state index is 12.1. The van der Waals surface area contributed by atoms with E-state index in [-0.39, 0.29) is 6.61 Å². The quantitative estimate of drug-likeness (QED) is 0.563. The molecule has 2 aromatic carbocycles. The average Bonchev–Trinajstić information content (AvgIpc) is 2.66. The predicted molar refractivity (Wildman–Crippen MR) is 99.1 cm³/mol. The maximum Gasteiger partial charge on any atom is 0.276 e. The molecule has 2 rings (SSSR count). The lowest BCUT2D eigenvalue weighted by Crippen LogP contribution is -2.43. The number of hydrogen-bond acceptors (Lipinski definition) is 4. The van der Waals surface area contributed by atoms with Crippen molar-refractivity contribution in [3.8, 4) is 11.5 Å². The molecule has 0 spiro atoms. The van der Waals surface area contributed by atoms with Crippen molar-refractivity contribution < 1.29 is 19.1 Å². The predicted octanol–water partition coefficient (Wildman–Crippen LogP) is 3.01. The van der Waals surface area contributed by atoms with Crippen molar-refractivity contribution in [3.63, 3.8) is 0 Å². The number of rotatable bonds is 8. The summed E-state index contributed by atoms with van der Waals surface area (Å²) in [6.45, 7) is 4.39. The van der Waals surface area contributed by atoms with Gasteiger partial charge in [-0.05, 0) is 43.2 Å². The highest BCUT2D eigenvalue weighted by Crippen LogP contribution is 2.16. The number of aryl methyl sites for hydroxylation is 1. The zero-order valence-corrected chi connectivity index (χ0v) is 15.1. The van der Waals surface area contributed by atoms with Crippen molar-refractivity contribution in [1.82, 2.24) is 10.9 Å².